The van der Waals surface area contributed by atoms with Crippen molar-refractivity contribution >= 4 is 23.6 Å². The Morgan fingerprint density at radius 2 is 2.10 bits per heavy atom. The molecule has 0 N–H and O–H groups in total. The summed E-state index contributed by atoms with van der Waals surface area (Å²) in [7, 11) is -0.345. The topological polar surface area (TPSA) is 18.5 Å². The maximum atomic E-state index is 6.39. The van der Waals surface area contributed by atoms with Gasteiger partial charge in [-0.3, -0.25) is 0 Å². The number of hydrogen-bond acceptors (Lipinski definition) is 2. The molecule has 2 fully saturated rings. The van der Waals surface area contributed by atoms with Gasteiger partial charge in [0, 0.05) is 4.93 Å². The fraction of sp³-hybridized carbons (Fsp3) is 0.812. The molecule has 0 bridgehead atoms. The van der Waals surface area contributed by atoms with Gasteiger partial charge in [0.2, 0.25) is 0 Å². The first-order valence-electron chi connectivity index (χ1n) is 7.84. The van der Waals surface area contributed by atoms with E-state index < -0.39 is 0 Å². The monoisotopic (exact) mass is 482 g/mol. The van der Waals surface area contributed by atoms with Crippen molar-refractivity contribution in [3.63, 3.8) is 0 Å². The van der Waals surface area contributed by atoms with E-state index in [0.717, 1.165) is 41.6 Å². The van der Waals surface area contributed by atoms with Crippen molar-refractivity contribution < 1.29 is 28.7 Å². The van der Waals surface area contributed by atoms with Gasteiger partial charge in [-0.15, -0.1) is 0 Å². The van der Waals surface area contributed by atoms with E-state index in [2.05, 4.69) is 39.5 Å². The third-order valence-electron chi connectivity index (χ3n) is 4.96. The molecule has 0 aromatic carbocycles. The van der Waals surface area contributed by atoms with Crippen LogP contribution in [0.25, 0.3) is 0 Å². The van der Waals surface area contributed by atoms with Crippen molar-refractivity contribution in [3.05, 3.63) is 10.5 Å². The first kappa shape index (κ1) is 19.6. The van der Waals surface area contributed by atoms with Crippen molar-refractivity contribution in [1.29, 1.82) is 0 Å². The van der Waals surface area contributed by atoms with Crippen molar-refractivity contribution in [2.75, 3.05) is 0 Å². The van der Waals surface area contributed by atoms with Crippen molar-refractivity contribution in [3.8, 4) is 0 Å². The van der Waals surface area contributed by atoms with E-state index in [1.165, 1.54) is 25.8 Å². The summed E-state index contributed by atoms with van der Waals surface area (Å²) < 4.78 is 12.3. The second-order valence-electron chi connectivity index (χ2n) is 6.65. The Bertz CT molecular complexity index is 388. The average Bonchev–Trinajstić information content (AvgIpc) is 2.83. The minimum atomic E-state index is -0.345. The standard InChI is InChI=1S/C15H26BClO2.CH2.W/c1-6-11(4)14(17)16-18-13-9-12(10(2)3)7-8-15(13,5)19-16;;/h10,12-13H,6-9H2,1-5H3;1H2;. The number of rotatable bonds is 3. The van der Waals surface area contributed by atoms with Crippen LogP contribution >= 0.6 is 11.6 Å². The second kappa shape index (κ2) is 8.43. The van der Waals surface area contributed by atoms with Crippen LogP contribution < -0.4 is 0 Å². The molecule has 21 heavy (non-hydrogen) atoms. The van der Waals surface area contributed by atoms with Crippen LogP contribution in [0, 0.1) is 11.8 Å². The molecule has 2 nitrogen and oxygen atoms in total. The molecule has 0 aromatic rings. The van der Waals surface area contributed by atoms with Crippen LogP contribution in [0.1, 0.15) is 60.3 Å². The number of allylic oxidation sites excluding steroid dienone is 1. The zero-order chi connectivity index (χ0) is 16.2. The molecule has 0 amide bonds. The average molecular weight is 483 g/mol. The summed E-state index contributed by atoms with van der Waals surface area (Å²) >= 11 is 7.73. The summed E-state index contributed by atoms with van der Waals surface area (Å²) in [6.07, 6.45) is 4.54. The molecule has 1 aliphatic carbocycles. The fourth-order valence-electron chi connectivity index (χ4n) is 3.12. The quantitative estimate of drug-likeness (QED) is 0.551. The molecular weight excluding hydrogens is 454 g/mol. The summed E-state index contributed by atoms with van der Waals surface area (Å²) in [4.78, 5) is 4.08. The Kier molecular flexibility index (Phi) is 7.88. The van der Waals surface area contributed by atoms with Crippen molar-refractivity contribution in [2.45, 2.75) is 72.0 Å². The Labute approximate surface area is 146 Å². The molecule has 2 aliphatic rings. The summed E-state index contributed by atoms with van der Waals surface area (Å²) in [5, 5.41) is 0. The molecule has 1 heterocycles. The summed E-state index contributed by atoms with van der Waals surface area (Å²) in [6, 6.07) is 0. The molecule has 0 radical (unpaired) electrons. The second-order valence-corrected chi connectivity index (χ2v) is 7.05. The molecule has 0 spiro atoms. The van der Waals surface area contributed by atoms with Gasteiger partial charge in [-0.25, -0.2) is 0 Å². The molecule has 2 rings (SSSR count). The van der Waals surface area contributed by atoms with Crippen LogP contribution in [0.2, 0.25) is 0 Å². The number of fused-ring (bicyclic) bond motifs is 1. The summed E-state index contributed by atoms with van der Waals surface area (Å²) in [5.74, 6) is 1.46. The Morgan fingerprint density at radius 3 is 2.62 bits per heavy atom. The molecule has 1 aliphatic heterocycles. The summed E-state index contributed by atoms with van der Waals surface area (Å²) in [6.45, 7) is 10.9. The fourth-order valence-corrected chi connectivity index (χ4v) is 3.35. The van der Waals surface area contributed by atoms with Crippen molar-refractivity contribution in [1.82, 2.24) is 0 Å². The minimum absolute atomic E-state index is 0.149. The Balaban J connectivity index is 0.00000106. The Morgan fingerprint density at radius 1 is 1.48 bits per heavy atom. The van der Waals surface area contributed by atoms with E-state index in [1.807, 2.05) is 0 Å². The molecule has 3 atom stereocenters. The summed E-state index contributed by atoms with van der Waals surface area (Å²) in [5.41, 5.74) is 1.01. The van der Waals surface area contributed by atoms with Gasteiger partial charge < -0.3 is 9.31 Å². The predicted molar refractivity (Wildman–Crippen MR) is 88.3 cm³/mol. The third-order valence-corrected chi connectivity index (χ3v) is 5.46. The van der Waals surface area contributed by atoms with Crippen LogP contribution in [0.5, 0.6) is 0 Å². The van der Waals surface area contributed by atoms with Gasteiger partial charge in [-0.05, 0) is 51.4 Å². The predicted octanol–water partition coefficient (Wildman–Crippen LogP) is 4.53. The van der Waals surface area contributed by atoms with Gasteiger partial charge in [0.05, 0.1) is 11.7 Å². The zero-order valence-electron chi connectivity index (χ0n) is 13.9. The van der Waals surface area contributed by atoms with Gasteiger partial charge in [0.15, 0.2) is 0 Å². The molecule has 5 heteroatoms. The third kappa shape index (κ3) is 4.53. The van der Waals surface area contributed by atoms with E-state index in [9.17, 15) is 0 Å². The van der Waals surface area contributed by atoms with Gasteiger partial charge in [0.1, 0.15) is 0 Å². The molecular formula is C16H28BClO2W. The van der Waals surface area contributed by atoms with E-state index >= 15 is 0 Å². The molecule has 1 saturated carbocycles. The molecule has 3 unspecified atom stereocenters. The first-order valence-corrected chi connectivity index (χ1v) is 10.3. The number of halogens is 1. The van der Waals surface area contributed by atoms with Crippen LogP contribution in [-0.2, 0) is 28.7 Å². The zero-order valence-corrected chi connectivity index (χ0v) is 17.6. The SMILES string of the molecule is CCC(C)=C(Cl)B1OC2CC(C(C)C)CCC2(C)O1.[CH2]=[W]. The normalized spacial score (nSPS) is 33.2. The van der Waals surface area contributed by atoms with E-state index in [0.29, 0.717) is 0 Å². The van der Waals surface area contributed by atoms with E-state index in [1.54, 1.807) is 0 Å². The van der Waals surface area contributed by atoms with Gasteiger partial charge >= 0.3 is 31.4 Å². The van der Waals surface area contributed by atoms with Crippen LogP contribution in [0.3, 0.4) is 0 Å². The van der Waals surface area contributed by atoms with Crippen LogP contribution in [0.15, 0.2) is 10.5 Å². The van der Waals surface area contributed by atoms with Crippen molar-refractivity contribution in [2.24, 2.45) is 11.8 Å². The van der Waals surface area contributed by atoms with E-state index in [4.69, 9.17) is 20.9 Å². The van der Waals surface area contributed by atoms with Gasteiger partial charge in [-0.1, -0.05) is 37.9 Å². The van der Waals surface area contributed by atoms with Gasteiger partial charge in [-0.2, -0.15) is 0 Å². The van der Waals surface area contributed by atoms with Crippen LogP contribution in [-0.4, -0.2) is 23.7 Å². The Hall–Kier alpha value is 0.573. The number of hydrogen-bond donors (Lipinski definition) is 0. The molecule has 0 aromatic heterocycles. The molecule has 120 valence electrons. The van der Waals surface area contributed by atoms with Gasteiger partial charge in [0.25, 0.3) is 0 Å². The maximum absolute atomic E-state index is 6.39. The van der Waals surface area contributed by atoms with Crippen LogP contribution in [0.4, 0.5) is 0 Å². The van der Waals surface area contributed by atoms with E-state index in [-0.39, 0.29) is 18.8 Å². The first-order chi connectivity index (χ1) is 9.87. The molecule has 1 saturated heterocycles.